The fraction of sp³-hybridized carbons (Fsp3) is 0.300. The van der Waals surface area contributed by atoms with Crippen LogP contribution >= 0.6 is 0 Å². The van der Waals surface area contributed by atoms with Crippen molar-refractivity contribution in [2.45, 2.75) is 0 Å². The number of carbonyl (C=O) groups is 3. The van der Waals surface area contributed by atoms with Gasteiger partial charge >= 0.3 is 0 Å². The molecule has 0 saturated heterocycles. The standard InChI is InChI=1S/3C10H12O4/c1-12-8-5-10(14-3)9(13-2)4-7(8)6-11;1-12-7-4-9(13-2)8(6-11)10(5-7)14-3;1-12-8-4-7(6-11)5-9(13-2)10(8)14-3/h3*4-6H,1-3H3. The van der Waals surface area contributed by atoms with Crippen molar-refractivity contribution in [3.05, 3.63) is 53.1 Å². The lowest BCUT2D eigenvalue weighted by Gasteiger charge is -2.11. The van der Waals surface area contributed by atoms with Crippen LogP contribution in [0.4, 0.5) is 0 Å². The van der Waals surface area contributed by atoms with Gasteiger partial charge in [0.05, 0.1) is 75.1 Å². The number of aldehydes is 3. The maximum atomic E-state index is 10.8. The van der Waals surface area contributed by atoms with Crippen molar-refractivity contribution in [1.29, 1.82) is 0 Å². The van der Waals surface area contributed by atoms with Crippen molar-refractivity contribution in [1.82, 2.24) is 0 Å². The van der Waals surface area contributed by atoms with Gasteiger partial charge in [-0.2, -0.15) is 0 Å². The van der Waals surface area contributed by atoms with Crippen LogP contribution < -0.4 is 42.6 Å². The minimum atomic E-state index is 0.385. The number of methoxy groups -OCH3 is 9. The average molecular weight is 589 g/mol. The zero-order valence-corrected chi connectivity index (χ0v) is 25.1. The predicted octanol–water partition coefficient (Wildman–Crippen LogP) is 4.57. The molecule has 0 amide bonds. The van der Waals surface area contributed by atoms with Crippen molar-refractivity contribution < 1.29 is 57.0 Å². The fourth-order valence-electron chi connectivity index (χ4n) is 3.46. The van der Waals surface area contributed by atoms with E-state index in [4.69, 9.17) is 42.6 Å². The Labute approximate surface area is 244 Å². The smallest absolute Gasteiger partial charge is 0.203 e. The maximum absolute atomic E-state index is 10.8. The summed E-state index contributed by atoms with van der Waals surface area (Å²) in [5, 5.41) is 0. The SMILES string of the molecule is COc1cc(C=O)cc(OC)c1OC.COc1cc(OC)c(C=O)c(OC)c1.COc1cc(OC)c(OC)cc1C=O. The second kappa shape index (κ2) is 18.3. The first-order valence-electron chi connectivity index (χ1n) is 12.0. The Morgan fingerprint density at radius 2 is 0.857 bits per heavy atom. The number of ether oxygens (including phenoxy) is 9. The molecule has 0 bridgehead atoms. The first-order valence-corrected chi connectivity index (χ1v) is 12.0. The van der Waals surface area contributed by atoms with Crippen molar-refractivity contribution in [2.24, 2.45) is 0 Å². The average Bonchev–Trinajstić information content (AvgIpc) is 3.06. The Kier molecular flexibility index (Phi) is 15.2. The van der Waals surface area contributed by atoms with Gasteiger partial charge in [-0.25, -0.2) is 0 Å². The van der Waals surface area contributed by atoms with Gasteiger partial charge in [-0.15, -0.1) is 0 Å². The van der Waals surface area contributed by atoms with E-state index in [0.717, 1.165) is 6.29 Å². The van der Waals surface area contributed by atoms with E-state index in [0.29, 0.717) is 81.0 Å². The van der Waals surface area contributed by atoms with Crippen molar-refractivity contribution in [2.75, 3.05) is 64.0 Å². The van der Waals surface area contributed by atoms with Crippen LogP contribution in [0.25, 0.3) is 0 Å². The zero-order valence-electron chi connectivity index (χ0n) is 25.1. The monoisotopic (exact) mass is 588 g/mol. The Bertz CT molecular complexity index is 1270. The number of hydrogen-bond acceptors (Lipinski definition) is 12. The molecule has 0 aliphatic carbocycles. The minimum Gasteiger partial charge on any atom is -0.496 e. The van der Waals surface area contributed by atoms with Gasteiger partial charge in [-0.05, 0) is 18.2 Å². The molecule has 0 saturated carbocycles. The predicted molar refractivity (Wildman–Crippen MR) is 154 cm³/mol. The van der Waals surface area contributed by atoms with E-state index in [-0.39, 0.29) is 0 Å². The lowest BCUT2D eigenvalue weighted by atomic mass is 10.2. The molecule has 0 spiro atoms. The van der Waals surface area contributed by atoms with Crippen LogP contribution in [-0.4, -0.2) is 82.8 Å². The molecule has 42 heavy (non-hydrogen) atoms. The minimum absolute atomic E-state index is 0.385. The summed E-state index contributed by atoms with van der Waals surface area (Å²) in [4.78, 5) is 32.0. The molecular weight excluding hydrogens is 552 g/mol. The summed E-state index contributed by atoms with van der Waals surface area (Å²) in [5.41, 5.74) is 1.31. The van der Waals surface area contributed by atoms with Gasteiger partial charge in [0, 0.05) is 23.8 Å². The number of benzene rings is 3. The van der Waals surface area contributed by atoms with Gasteiger partial charge in [0.1, 0.15) is 29.3 Å². The van der Waals surface area contributed by atoms with E-state index >= 15 is 0 Å². The van der Waals surface area contributed by atoms with Crippen LogP contribution in [0.1, 0.15) is 31.1 Å². The normalized spacial score (nSPS) is 9.36. The van der Waals surface area contributed by atoms with Crippen LogP contribution in [0.3, 0.4) is 0 Å². The highest BCUT2D eigenvalue weighted by Crippen LogP contribution is 2.38. The highest BCUT2D eigenvalue weighted by Gasteiger charge is 2.13. The molecule has 0 fully saturated rings. The van der Waals surface area contributed by atoms with Gasteiger partial charge in [0.15, 0.2) is 35.6 Å². The molecule has 3 aromatic carbocycles. The molecule has 3 aromatic rings. The van der Waals surface area contributed by atoms with Crippen molar-refractivity contribution in [3.8, 4) is 51.7 Å². The molecule has 0 aromatic heterocycles. The maximum Gasteiger partial charge on any atom is 0.203 e. The highest BCUT2D eigenvalue weighted by molar-refractivity contribution is 5.84. The van der Waals surface area contributed by atoms with Crippen LogP contribution in [0.15, 0.2) is 36.4 Å². The lowest BCUT2D eigenvalue weighted by Crippen LogP contribution is -1.96. The van der Waals surface area contributed by atoms with Crippen LogP contribution in [-0.2, 0) is 0 Å². The van der Waals surface area contributed by atoms with Crippen molar-refractivity contribution in [3.63, 3.8) is 0 Å². The van der Waals surface area contributed by atoms with E-state index in [9.17, 15) is 14.4 Å². The molecule has 3 rings (SSSR count). The van der Waals surface area contributed by atoms with Crippen LogP contribution in [0.2, 0.25) is 0 Å². The second-order valence-corrected chi connectivity index (χ2v) is 7.71. The molecule has 0 heterocycles. The molecule has 0 N–H and O–H groups in total. The molecule has 228 valence electrons. The summed E-state index contributed by atoms with van der Waals surface area (Å²) in [7, 11) is 13.6. The number of hydrogen-bond donors (Lipinski definition) is 0. The van der Waals surface area contributed by atoms with Crippen molar-refractivity contribution >= 4 is 18.9 Å². The molecule has 0 atom stereocenters. The Morgan fingerprint density at radius 3 is 1.19 bits per heavy atom. The largest absolute Gasteiger partial charge is 0.496 e. The Balaban J connectivity index is 0.000000315. The Morgan fingerprint density at radius 1 is 0.405 bits per heavy atom. The second-order valence-electron chi connectivity index (χ2n) is 7.71. The molecule has 0 unspecified atom stereocenters. The summed E-state index contributed by atoms with van der Waals surface area (Å²) < 4.78 is 45.4. The summed E-state index contributed by atoms with van der Waals surface area (Å²) >= 11 is 0. The topological polar surface area (TPSA) is 134 Å². The van der Waals surface area contributed by atoms with E-state index in [2.05, 4.69) is 0 Å². The molecule has 0 aliphatic heterocycles. The quantitative estimate of drug-likeness (QED) is 0.274. The first kappa shape index (κ1) is 34.9. The summed E-state index contributed by atoms with van der Waals surface area (Å²) in [6, 6.07) is 9.63. The van der Waals surface area contributed by atoms with E-state index in [1.165, 1.54) is 64.0 Å². The number of rotatable bonds is 12. The molecule has 12 heteroatoms. The third-order valence-corrected chi connectivity index (χ3v) is 5.56. The lowest BCUT2D eigenvalue weighted by molar-refractivity contribution is 0.111. The molecule has 0 radical (unpaired) electrons. The van der Waals surface area contributed by atoms with Gasteiger partial charge in [-0.1, -0.05) is 0 Å². The van der Waals surface area contributed by atoms with E-state index in [1.54, 1.807) is 36.4 Å². The molecule has 0 aliphatic rings. The summed E-state index contributed by atoms with van der Waals surface area (Å²) in [6.07, 6.45) is 2.13. The number of carbonyl (C=O) groups excluding carboxylic acids is 3. The van der Waals surface area contributed by atoms with Gasteiger partial charge in [0.2, 0.25) is 5.75 Å². The third-order valence-electron chi connectivity index (χ3n) is 5.56. The zero-order chi connectivity index (χ0) is 31.7. The Hall–Kier alpha value is -5.13. The van der Waals surface area contributed by atoms with Gasteiger partial charge in [0.25, 0.3) is 0 Å². The van der Waals surface area contributed by atoms with Crippen LogP contribution in [0, 0.1) is 0 Å². The molecular formula is C30H36O12. The summed E-state index contributed by atoms with van der Waals surface area (Å²) in [6.45, 7) is 0. The van der Waals surface area contributed by atoms with Gasteiger partial charge < -0.3 is 42.6 Å². The molecule has 12 nitrogen and oxygen atoms in total. The fourth-order valence-corrected chi connectivity index (χ4v) is 3.46. The first-order chi connectivity index (χ1) is 20.3. The van der Waals surface area contributed by atoms with Gasteiger partial charge in [-0.3, -0.25) is 14.4 Å². The van der Waals surface area contributed by atoms with E-state index in [1.807, 2.05) is 0 Å². The van der Waals surface area contributed by atoms with Crippen LogP contribution in [0.5, 0.6) is 51.7 Å². The third kappa shape index (κ3) is 8.95. The van der Waals surface area contributed by atoms with E-state index < -0.39 is 0 Å². The highest BCUT2D eigenvalue weighted by atomic mass is 16.5. The summed E-state index contributed by atoms with van der Waals surface area (Å²) in [5.74, 6) is 4.43.